The molecule has 0 bridgehead atoms. The van der Waals surface area contributed by atoms with Crippen molar-refractivity contribution in [2.24, 2.45) is 0 Å². The lowest BCUT2D eigenvalue weighted by Gasteiger charge is -2.11. The Morgan fingerprint density at radius 2 is 1.88 bits per heavy atom. The molecule has 3 rings (SSSR count). The summed E-state index contributed by atoms with van der Waals surface area (Å²) in [5.41, 5.74) is 3.90. The van der Waals surface area contributed by atoms with Crippen LogP contribution < -0.4 is 10.6 Å². The van der Waals surface area contributed by atoms with Gasteiger partial charge < -0.3 is 10.6 Å². The summed E-state index contributed by atoms with van der Waals surface area (Å²) in [4.78, 5) is 12.4. The maximum absolute atomic E-state index is 12.4. The second-order valence-corrected chi connectivity index (χ2v) is 5.78. The molecule has 5 nitrogen and oxygen atoms in total. The van der Waals surface area contributed by atoms with Gasteiger partial charge in [0.25, 0.3) is 0 Å². The molecule has 2 aromatic carbocycles. The number of anilines is 1. The van der Waals surface area contributed by atoms with Crippen molar-refractivity contribution in [2.45, 2.75) is 19.9 Å². The van der Waals surface area contributed by atoms with Crippen LogP contribution in [0.2, 0.25) is 0 Å². The topological polar surface area (TPSA) is 58.9 Å². The predicted molar refractivity (Wildman–Crippen MR) is 99.7 cm³/mol. The van der Waals surface area contributed by atoms with E-state index in [0.29, 0.717) is 6.42 Å². The Balaban J connectivity index is 1.63. The van der Waals surface area contributed by atoms with Crippen LogP contribution in [0, 0.1) is 0 Å². The van der Waals surface area contributed by atoms with Crippen LogP contribution >= 0.6 is 0 Å². The number of carbonyl (C=O) groups excluding carboxylic acids is 1. The van der Waals surface area contributed by atoms with Gasteiger partial charge in [0.05, 0.1) is 12.1 Å². The molecule has 0 fully saturated rings. The fourth-order valence-electron chi connectivity index (χ4n) is 2.62. The summed E-state index contributed by atoms with van der Waals surface area (Å²) in [6.07, 6.45) is 3.98. The molecule has 1 heterocycles. The van der Waals surface area contributed by atoms with Crippen LogP contribution in [0.4, 0.5) is 5.69 Å². The Morgan fingerprint density at radius 3 is 2.60 bits per heavy atom. The molecule has 1 amide bonds. The fourth-order valence-corrected chi connectivity index (χ4v) is 2.62. The van der Waals surface area contributed by atoms with E-state index in [-0.39, 0.29) is 5.91 Å². The minimum absolute atomic E-state index is 0.0178. The van der Waals surface area contributed by atoms with E-state index in [2.05, 4.69) is 22.7 Å². The smallest absolute Gasteiger partial charge is 0.228 e. The lowest BCUT2D eigenvalue weighted by Crippen LogP contribution is -2.18. The number of aromatic nitrogens is 2. The lowest BCUT2D eigenvalue weighted by atomic mass is 10.1. The van der Waals surface area contributed by atoms with Crippen LogP contribution in [0.3, 0.4) is 0 Å². The van der Waals surface area contributed by atoms with Crippen molar-refractivity contribution in [2.75, 3.05) is 11.9 Å². The number of rotatable bonds is 7. The highest BCUT2D eigenvalue weighted by atomic mass is 16.1. The first-order chi connectivity index (χ1) is 12.3. The molecule has 128 valence electrons. The number of benzene rings is 2. The largest absolute Gasteiger partial charge is 0.325 e. The molecule has 5 heteroatoms. The third-order valence-electron chi connectivity index (χ3n) is 3.93. The maximum Gasteiger partial charge on any atom is 0.228 e. The molecular formula is C20H22N4O. The quantitative estimate of drug-likeness (QED) is 0.698. The van der Waals surface area contributed by atoms with Crippen molar-refractivity contribution < 1.29 is 4.79 Å². The van der Waals surface area contributed by atoms with Crippen molar-refractivity contribution in [3.8, 4) is 5.69 Å². The first-order valence-corrected chi connectivity index (χ1v) is 8.43. The average molecular weight is 334 g/mol. The first-order valence-electron chi connectivity index (χ1n) is 8.43. The average Bonchev–Trinajstić information content (AvgIpc) is 3.16. The van der Waals surface area contributed by atoms with Crippen LogP contribution in [0.5, 0.6) is 0 Å². The van der Waals surface area contributed by atoms with Gasteiger partial charge in [-0.1, -0.05) is 37.3 Å². The zero-order valence-electron chi connectivity index (χ0n) is 14.3. The Bertz CT molecular complexity index is 810. The summed E-state index contributed by atoms with van der Waals surface area (Å²) in [6, 6.07) is 17.6. The highest BCUT2D eigenvalue weighted by molar-refractivity contribution is 5.93. The molecule has 0 aliphatic rings. The number of amides is 1. The molecule has 2 N–H and O–H groups in total. The molecule has 0 aliphatic carbocycles. The van der Waals surface area contributed by atoms with E-state index in [4.69, 9.17) is 0 Å². The van der Waals surface area contributed by atoms with Crippen molar-refractivity contribution in [1.82, 2.24) is 15.1 Å². The summed E-state index contributed by atoms with van der Waals surface area (Å²) < 4.78 is 1.79. The normalized spacial score (nSPS) is 10.6. The number of hydrogen-bond acceptors (Lipinski definition) is 3. The monoisotopic (exact) mass is 334 g/mol. The summed E-state index contributed by atoms with van der Waals surface area (Å²) >= 11 is 0. The number of carbonyl (C=O) groups is 1. The summed E-state index contributed by atoms with van der Waals surface area (Å²) in [7, 11) is 0. The predicted octanol–water partition coefficient (Wildman–Crippen LogP) is 3.16. The van der Waals surface area contributed by atoms with Gasteiger partial charge >= 0.3 is 0 Å². The van der Waals surface area contributed by atoms with Gasteiger partial charge in [-0.15, -0.1) is 0 Å². The SMILES string of the molecule is CCNCc1ccccc1NC(=O)Cc1ccc(-n2cccn2)cc1. The Kier molecular flexibility index (Phi) is 5.59. The number of para-hydroxylation sites is 1. The minimum Gasteiger partial charge on any atom is -0.325 e. The van der Waals surface area contributed by atoms with Gasteiger partial charge in [-0.3, -0.25) is 4.79 Å². The van der Waals surface area contributed by atoms with E-state index < -0.39 is 0 Å². The highest BCUT2D eigenvalue weighted by Gasteiger charge is 2.08. The molecular weight excluding hydrogens is 312 g/mol. The summed E-state index contributed by atoms with van der Waals surface area (Å²) in [5.74, 6) is -0.0178. The molecule has 0 spiro atoms. The van der Waals surface area contributed by atoms with Gasteiger partial charge in [-0.05, 0) is 41.9 Å². The van der Waals surface area contributed by atoms with E-state index in [9.17, 15) is 4.79 Å². The second kappa shape index (κ2) is 8.26. The van der Waals surface area contributed by atoms with Gasteiger partial charge in [0, 0.05) is 24.6 Å². The molecule has 0 saturated carbocycles. The molecule has 0 unspecified atom stereocenters. The molecule has 0 aliphatic heterocycles. The van der Waals surface area contributed by atoms with Crippen molar-refractivity contribution in [1.29, 1.82) is 0 Å². The van der Waals surface area contributed by atoms with Crippen molar-refractivity contribution in [3.63, 3.8) is 0 Å². The van der Waals surface area contributed by atoms with Gasteiger partial charge in [0.2, 0.25) is 5.91 Å². The Hall–Kier alpha value is -2.92. The zero-order valence-corrected chi connectivity index (χ0v) is 14.3. The van der Waals surface area contributed by atoms with E-state index in [0.717, 1.165) is 35.6 Å². The molecule has 1 aromatic heterocycles. The van der Waals surface area contributed by atoms with Crippen LogP contribution in [-0.4, -0.2) is 22.2 Å². The van der Waals surface area contributed by atoms with Gasteiger partial charge in [-0.25, -0.2) is 4.68 Å². The van der Waals surface area contributed by atoms with Gasteiger partial charge in [0.1, 0.15) is 0 Å². The standard InChI is InChI=1S/C20H22N4O/c1-2-21-15-17-6-3-4-7-19(17)23-20(25)14-16-8-10-18(11-9-16)24-13-5-12-22-24/h3-13,21H,2,14-15H2,1H3,(H,23,25). The summed E-state index contributed by atoms with van der Waals surface area (Å²) in [6.45, 7) is 3.70. The molecule has 0 atom stereocenters. The minimum atomic E-state index is -0.0178. The number of hydrogen-bond donors (Lipinski definition) is 2. The van der Waals surface area contributed by atoms with E-state index >= 15 is 0 Å². The first kappa shape index (κ1) is 16.9. The van der Waals surface area contributed by atoms with E-state index in [1.165, 1.54) is 0 Å². The van der Waals surface area contributed by atoms with E-state index in [1.807, 2.05) is 60.8 Å². The zero-order chi connectivity index (χ0) is 17.5. The molecule has 3 aromatic rings. The van der Waals surface area contributed by atoms with Gasteiger partial charge in [0.15, 0.2) is 0 Å². The number of nitrogens with one attached hydrogen (secondary N) is 2. The third kappa shape index (κ3) is 4.55. The third-order valence-corrected chi connectivity index (χ3v) is 3.93. The number of nitrogens with zero attached hydrogens (tertiary/aromatic N) is 2. The molecule has 25 heavy (non-hydrogen) atoms. The van der Waals surface area contributed by atoms with Crippen molar-refractivity contribution in [3.05, 3.63) is 78.1 Å². The van der Waals surface area contributed by atoms with Crippen molar-refractivity contribution >= 4 is 11.6 Å². The van der Waals surface area contributed by atoms with E-state index in [1.54, 1.807) is 10.9 Å². The van der Waals surface area contributed by atoms with Crippen LogP contribution in [0.1, 0.15) is 18.1 Å². The highest BCUT2D eigenvalue weighted by Crippen LogP contribution is 2.16. The summed E-state index contributed by atoms with van der Waals surface area (Å²) in [5, 5.41) is 10.5. The lowest BCUT2D eigenvalue weighted by molar-refractivity contribution is -0.115. The Morgan fingerprint density at radius 1 is 1.08 bits per heavy atom. The Labute approximate surface area is 147 Å². The van der Waals surface area contributed by atoms with Crippen LogP contribution in [-0.2, 0) is 17.8 Å². The second-order valence-electron chi connectivity index (χ2n) is 5.78. The molecule has 0 saturated heterocycles. The molecule has 0 radical (unpaired) electrons. The van der Waals surface area contributed by atoms with Crippen LogP contribution in [0.15, 0.2) is 67.0 Å². The van der Waals surface area contributed by atoms with Gasteiger partial charge in [-0.2, -0.15) is 5.10 Å². The fraction of sp³-hybridized carbons (Fsp3) is 0.200. The van der Waals surface area contributed by atoms with Crippen LogP contribution in [0.25, 0.3) is 5.69 Å². The maximum atomic E-state index is 12.4.